The van der Waals surface area contributed by atoms with Gasteiger partial charge in [0, 0.05) is 0 Å². The van der Waals surface area contributed by atoms with Crippen molar-refractivity contribution < 1.29 is 27.1 Å². The quantitative estimate of drug-likeness (QED) is 0.849. The topological polar surface area (TPSA) is 107 Å². The van der Waals surface area contributed by atoms with E-state index in [0.29, 0.717) is 12.1 Å². The number of carboxylic acids is 1. The molecule has 0 radical (unpaired) electrons. The third kappa shape index (κ3) is 3.74. The van der Waals surface area contributed by atoms with Crippen molar-refractivity contribution in [3.05, 3.63) is 29.3 Å². The van der Waals surface area contributed by atoms with Gasteiger partial charge in [-0.15, -0.1) is 0 Å². The van der Waals surface area contributed by atoms with Crippen LogP contribution in [-0.4, -0.2) is 25.5 Å². The minimum Gasteiger partial charge on any atom is -0.480 e. The Labute approximate surface area is 120 Å². The number of carboxylic acid groups (broad SMARTS) is 1. The summed E-state index contributed by atoms with van der Waals surface area (Å²) < 4.78 is 53.0. The Morgan fingerprint density at radius 1 is 1.33 bits per heavy atom. The Morgan fingerprint density at radius 3 is 2.14 bits per heavy atom. The summed E-state index contributed by atoms with van der Waals surface area (Å²) in [4.78, 5) is 9.65. The second kappa shape index (κ2) is 6.15. The highest BCUT2D eigenvalue weighted by Crippen LogP contribution is 2.21. The van der Waals surface area contributed by atoms with E-state index in [1.165, 1.54) is 19.9 Å². The molecule has 9 heteroatoms. The van der Waals surface area contributed by atoms with Gasteiger partial charge in [0.05, 0.1) is 11.6 Å². The summed E-state index contributed by atoms with van der Waals surface area (Å²) in [6, 6.07) is 1.05. The summed E-state index contributed by atoms with van der Waals surface area (Å²) >= 11 is 0. The fraction of sp³-hybridized carbons (Fsp3) is 0.333. The molecule has 0 fully saturated rings. The molecule has 6 nitrogen and oxygen atoms in total. The predicted molar refractivity (Wildman–Crippen MR) is 67.7 cm³/mol. The van der Waals surface area contributed by atoms with E-state index in [-0.39, 0.29) is 5.56 Å². The molecule has 1 aromatic rings. The van der Waals surface area contributed by atoms with Gasteiger partial charge in [0.15, 0.2) is 4.90 Å². The number of halogens is 2. The van der Waals surface area contributed by atoms with Crippen molar-refractivity contribution in [3.63, 3.8) is 0 Å². The van der Waals surface area contributed by atoms with Crippen molar-refractivity contribution >= 4 is 16.0 Å². The van der Waals surface area contributed by atoms with Crippen LogP contribution in [0.5, 0.6) is 0 Å². The van der Waals surface area contributed by atoms with Crippen LogP contribution < -0.4 is 4.72 Å². The smallest absolute Gasteiger partial charge is 0.322 e. The molecule has 0 bridgehead atoms. The van der Waals surface area contributed by atoms with Gasteiger partial charge in [-0.05, 0) is 18.1 Å². The highest BCUT2D eigenvalue weighted by molar-refractivity contribution is 7.89. The third-order valence-electron chi connectivity index (χ3n) is 2.61. The summed E-state index contributed by atoms with van der Waals surface area (Å²) in [6.45, 7) is 2.87. The number of hydrogen-bond donors (Lipinski definition) is 2. The van der Waals surface area contributed by atoms with Gasteiger partial charge in [-0.25, -0.2) is 17.2 Å². The van der Waals surface area contributed by atoms with Gasteiger partial charge in [0.25, 0.3) is 0 Å². The number of benzene rings is 1. The first-order valence-corrected chi connectivity index (χ1v) is 7.22. The molecular weight excluding hydrogens is 306 g/mol. The first kappa shape index (κ1) is 17.0. The lowest BCUT2D eigenvalue weighted by molar-refractivity contribution is -0.140. The zero-order valence-corrected chi connectivity index (χ0v) is 11.9. The van der Waals surface area contributed by atoms with E-state index in [1.807, 2.05) is 0 Å². The maximum atomic E-state index is 13.7. The first-order valence-electron chi connectivity index (χ1n) is 5.74. The molecule has 0 aliphatic carbocycles. The molecule has 114 valence electrons. The van der Waals surface area contributed by atoms with Crippen molar-refractivity contribution in [2.45, 2.75) is 24.8 Å². The van der Waals surface area contributed by atoms with Gasteiger partial charge in [-0.3, -0.25) is 4.79 Å². The SMILES string of the molecule is CC(C)[C@H](NS(=O)(=O)c1c(F)cc(C#N)cc1F)C(=O)O. The van der Waals surface area contributed by atoms with Gasteiger partial charge in [0.1, 0.15) is 17.7 Å². The van der Waals surface area contributed by atoms with Crippen LogP contribution in [0.2, 0.25) is 0 Å². The van der Waals surface area contributed by atoms with Crippen molar-refractivity contribution in [2.75, 3.05) is 0 Å². The lowest BCUT2D eigenvalue weighted by Gasteiger charge is -2.18. The monoisotopic (exact) mass is 318 g/mol. The van der Waals surface area contributed by atoms with E-state index in [1.54, 1.807) is 4.72 Å². The summed E-state index contributed by atoms with van der Waals surface area (Å²) in [7, 11) is -4.73. The number of rotatable bonds is 5. The lowest BCUT2D eigenvalue weighted by atomic mass is 10.1. The van der Waals surface area contributed by atoms with Crippen LogP contribution in [0.15, 0.2) is 17.0 Å². The summed E-state index contributed by atoms with van der Waals surface area (Å²) in [5.41, 5.74) is -0.386. The second-order valence-corrected chi connectivity index (χ2v) is 6.21. The van der Waals surface area contributed by atoms with Crippen LogP contribution in [0.4, 0.5) is 8.78 Å². The normalized spacial score (nSPS) is 13.0. The number of nitriles is 1. The summed E-state index contributed by atoms with van der Waals surface area (Å²) in [5.74, 6) is -5.04. The third-order valence-corrected chi connectivity index (χ3v) is 4.10. The van der Waals surface area contributed by atoms with E-state index >= 15 is 0 Å². The van der Waals surface area contributed by atoms with Gasteiger partial charge in [-0.1, -0.05) is 13.8 Å². The van der Waals surface area contributed by atoms with Crippen molar-refractivity contribution in [1.82, 2.24) is 4.72 Å². The van der Waals surface area contributed by atoms with Crippen LogP contribution in [0.1, 0.15) is 19.4 Å². The maximum absolute atomic E-state index is 13.7. The molecule has 0 aromatic heterocycles. The minimum atomic E-state index is -4.73. The Bertz CT molecular complexity index is 687. The highest BCUT2D eigenvalue weighted by Gasteiger charge is 2.32. The number of carbonyl (C=O) groups is 1. The zero-order chi connectivity index (χ0) is 16.4. The average Bonchev–Trinajstić information content (AvgIpc) is 2.33. The fourth-order valence-corrected chi connectivity index (χ4v) is 3.04. The lowest BCUT2D eigenvalue weighted by Crippen LogP contribution is -2.44. The van der Waals surface area contributed by atoms with Crippen molar-refractivity contribution in [1.29, 1.82) is 5.26 Å². The standard InChI is InChI=1S/C12H12F2N2O4S/c1-6(2)10(12(17)18)16-21(19,20)11-8(13)3-7(5-15)4-9(11)14/h3-4,6,10,16H,1-2H3,(H,17,18)/t10-/m0/s1. The molecule has 0 saturated carbocycles. The van der Waals surface area contributed by atoms with Crippen molar-refractivity contribution in [2.24, 2.45) is 5.92 Å². The largest absolute Gasteiger partial charge is 0.480 e. The Balaban J connectivity index is 3.33. The van der Waals surface area contributed by atoms with Gasteiger partial charge < -0.3 is 5.11 Å². The molecule has 1 atom stereocenters. The molecular formula is C12H12F2N2O4S. The van der Waals surface area contributed by atoms with Gasteiger partial charge >= 0.3 is 5.97 Å². The zero-order valence-electron chi connectivity index (χ0n) is 11.1. The summed E-state index contributed by atoms with van der Waals surface area (Å²) in [6.07, 6.45) is 0. The van der Waals surface area contributed by atoms with E-state index < -0.39 is 44.5 Å². The number of hydrogen-bond acceptors (Lipinski definition) is 4. The van der Waals surface area contributed by atoms with Gasteiger partial charge in [-0.2, -0.15) is 9.98 Å². The van der Waals surface area contributed by atoms with Crippen LogP contribution in [0.3, 0.4) is 0 Å². The molecule has 0 aliphatic heterocycles. The van der Waals surface area contributed by atoms with Crippen LogP contribution in [-0.2, 0) is 14.8 Å². The highest BCUT2D eigenvalue weighted by atomic mass is 32.2. The predicted octanol–water partition coefficient (Wildman–Crippen LogP) is 1.22. The molecule has 0 heterocycles. The molecule has 0 saturated heterocycles. The molecule has 0 unspecified atom stereocenters. The minimum absolute atomic E-state index is 0.386. The number of nitrogens with zero attached hydrogens (tertiary/aromatic N) is 1. The molecule has 21 heavy (non-hydrogen) atoms. The van der Waals surface area contributed by atoms with E-state index in [9.17, 15) is 22.0 Å². The molecule has 2 N–H and O–H groups in total. The molecule has 0 spiro atoms. The Kier molecular flexibility index (Phi) is 4.98. The maximum Gasteiger partial charge on any atom is 0.322 e. The van der Waals surface area contributed by atoms with Crippen LogP contribution in [0.25, 0.3) is 0 Å². The molecule has 0 aliphatic rings. The molecule has 1 rings (SSSR count). The number of aliphatic carboxylic acids is 1. The van der Waals surface area contributed by atoms with Crippen LogP contribution in [0, 0.1) is 28.9 Å². The Morgan fingerprint density at radius 2 is 1.81 bits per heavy atom. The van der Waals surface area contributed by atoms with Crippen LogP contribution >= 0.6 is 0 Å². The van der Waals surface area contributed by atoms with E-state index in [2.05, 4.69) is 0 Å². The number of sulfonamides is 1. The summed E-state index contributed by atoms with van der Waals surface area (Å²) in [5, 5.41) is 17.5. The van der Waals surface area contributed by atoms with E-state index in [4.69, 9.17) is 10.4 Å². The second-order valence-electron chi connectivity index (χ2n) is 4.56. The van der Waals surface area contributed by atoms with Crippen molar-refractivity contribution in [3.8, 4) is 6.07 Å². The fourth-order valence-electron chi connectivity index (χ4n) is 1.58. The molecule has 1 aromatic carbocycles. The van der Waals surface area contributed by atoms with Gasteiger partial charge in [0.2, 0.25) is 10.0 Å². The van der Waals surface area contributed by atoms with E-state index in [0.717, 1.165) is 0 Å². The number of nitrogens with one attached hydrogen (secondary N) is 1. The first-order chi connectivity index (χ1) is 9.60. The Hall–Kier alpha value is -2.05. The average molecular weight is 318 g/mol. The molecule has 0 amide bonds.